The van der Waals surface area contributed by atoms with Crippen molar-refractivity contribution in [1.82, 2.24) is 0 Å². The first kappa shape index (κ1) is 17.0. The molecule has 1 amide bonds. The van der Waals surface area contributed by atoms with Crippen molar-refractivity contribution in [1.29, 1.82) is 0 Å². The van der Waals surface area contributed by atoms with Gasteiger partial charge < -0.3 is 14.8 Å². The third kappa shape index (κ3) is 2.89. The Morgan fingerprint density at radius 3 is 2.68 bits per heavy atom. The zero-order valence-electron chi connectivity index (χ0n) is 13.0. The Morgan fingerprint density at radius 1 is 1.24 bits per heavy atom. The lowest BCUT2D eigenvalue weighted by molar-refractivity contribution is -0.157. The number of hydrogen-bond donors (Lipinski definition) is 1. The second kappa shape index (κ2) is 6.39. The maximum absolute atomic E-state index is 12.5. The molecule has 0 aromatic heterocycles. The molecule has 0 radical (unpaired) electrons. The van der Waals surface area contributed by atoms with Crippen LogP contribution < -0.4 is 5.32 Å². The maximum Gasteiger partial charge on any atom is 0.310 e. The number of benzene rings is 1. The number of esters is 2. The van der Waals surface area contributed by atoms with Crippen LogP contribution >= 0.6 is 31.9 Å². The Balaban J connectivity index is 1.35. The highest BCUT2D eigenvalue weighted by Crippen LogP contribution is 2.60. The minimum absolute atomic E-state index is 0.0191. The molecule has 25 heavy (non-hydrogen) atoms. The van der Waals surface area contributed by atoms with Crippen LogP contribution in [0.2, 0.25) is 0 Å². The van der Waals surface area contributed by atoms with Gasteiger partial charge in [0.05, 0.1) is 16.7 Å². The number of rotatable bonds is 4. The first-order valence-electron chi connectivity index (χ1n) is 8.02. The monoisotopic (exact) mass is 471 g/mol. The van der Waals surface area contributed by atoms with Gasteiger partial charge in [0, 0.05) is 16.1 Å². The van der Waals surface area contributed by atoms with Crippen LogP contribution in [0.3, 0.4) is 0 Å². The smallest absolute Gasteiger partial charge is 0.310 e. The number of fused-ring (bicyclic) bond motifs is 1. The normalized spacial score (nSPS) is 34.7. The Morgan fingerprint density at radius 2 is 1.96 bits per heavy atom. The largest absolute Gasteiger partial charge is 0.461 e. The molecule has 1 aliphatic heterocycles. The number of carbonyl (C=O) groups is 3. The predicted molar refractivity (Wildman–Crippen MR) is 94.9 cm³/mol. The molecular formula is C17H15Br2NO5. The maximum atomic E-state index is 12.5. The fourth-order valence-corrected chi connectivity index (χ4v) is 5.57. The molecule has 2 bridgehead atoms. The van der Waals surface area contributed by atoms with E-state index in [1.165, 1.54) is 0 Å². The Hall–Kier alpha value is -1.41. The van der Waals surface area contributed by atoms with Gasteiger partial charge in [0.15, 0.2) is 6.61 Å². The lowest BCUT2D eigenvalue weighted by Crippen LogP contribution is -2.39. The van der Waals surface area contributed by atoms with Gasteiger partial charge >= 0.3 is 11.9 Å². The van der Waals surface area contributed by atoms with Crippen LogP contribution in [0, 0.1) is 23.7 Å². The first-order chi connectivity index (χ1) is 12.0. The molecule has 1 aromatic rings. The molecule has 1 saturated heterocycles. The van der Waals surface area contributed by atoms with Crippen LogP contribution in [0.4, 0.5) is 5.69 Å². The molecule has 2 aliphatic carbocycles. The number of alkyl halides is 1. The average Bonchev–Trinajstić information content (AvgIpc) is 3.19. The summed E-state index contributed by atoms with van der Waals surface area (Å²) in [7, 11) is 0. The fraction of sp³-hybridized carbons (Fsp3) is 0.471. The number of halogens is 2. The van der Waals surface area contributed by atoms with Gasteiger partial charge in [0.25, 0.3) is 5.91 Å². The first-order valence-corrected chi connectivity index (χ1v) is 9.73. The van der Waals surface area contributed by atoms with Crippen molar-refractivity contribution in [3.8, 4) is 0 Å². The van der Waals surface area contributed by atoms with Crippen LogP contribution in [0.15, 0.2) is 28.7 Å². The molecule has 1 heterocycles. The quantitative estimate of drug-likeness (QED) is 0.537. The summed E-state index contributed by atoms with van der Waals surface area (Å²) in [5, 5.41) is 2.66. The van der Waals surface area contributed by atoms with E-state index in [2.05, 4.69) is 37.2 Å². The van der Waals surface area contributed by atoms with Crippen molar-refractivity contribution in [2.24, 2.45) is 23.7 Å². The van der Waals surface area contributed by atoms with Crippen molar-refractivity contribution in [2.45, 2.75) is 17.4 Å². The van der Waals surface area contributed by atoms with E-state index < -0.39 is 23.7 Å². The number of amides is 1. The summed E-state index contributed by atoms with van der Waals surface area (Å²) in [4.78, 5) is 36.4. The second-order valence-corrected chi connectivity index (χ2v) is 8.60. The number of anilines is 1. The summed E-state index contributed by atoms with van der Waals surface area (Å²) in [6.45, 7) is -0.374. The molecule has 6 atom stereocenters. The van der Waals surface area contributed by atoms with Crippen molar-refractivity contribution in [2.75, 3.05) is 11.9 Å². The van der Waals surface area contributed by atoms with Gasteiger partial charge in [-0.05, 0) is 36.6 Å². The van der Waals surface area contributed by atoms with Crippen molar-refractivity contribution in [3.63, 3.8) is 0 Å². The third-order valence-corrected chi connectivity index (χ3v) is 7.00. The third-order valence-electron chi connectivity index (χ3n) is 5.27. The molecule has 6 nitrogen and oxygen atoms in total. The number of ether oxygens (including phenoxy) is 2. The zero-order chi connectivity index (χ0) is 17.7. The average molecular weight is 473 g/mol. The zero-order valence-corrected chi connectivity index (χ0v) is 16.2. The molecule has 3 fully saturated rings. The Kier molecular flexibility index (Phi) is 4.35. The van der Waals surface area contributed by atoms with E-state index in [1.807, 2.05) is 0 Å². The lowest BCUT2D eigenvalue weighted by atomic mass is 9.80. The Bertz CT molecular complexity index is 737. The molecule has 4 rings (SSSR count). The van der Waals surface area contributed by atoms with Crippen LogP contribution in [0.1, 0.15) is 6.42 Å². The van der Waals surface area contributed by atoms with E-state index in [-0.39, 0.29) is 35.3 Å². The molecule has 1 N–H and O–H groups in total. The molecule has 0 spiro atoms. The topological polar surface area (TPSA) is 81.7 Å². The minimum atomic E-state index is -0.527. The van der Waals surface area contributed by atoms with Gasteiger partial charge in [-0.3, -0.25) is 14.4 Å². The van der Waals surface area contributed by atoms with Crippen molar-refractivity contribution in [3.05, 3.63) is 28.7 Å². The summed E-state index contributed by atoms with van der Waals surface area (Å²) < 4.78 is 11.5. The molecule has 0 unspecified atom stereocenters. The van der Waals surface area contributed by atoms with Gasteiger partial charge in [0.1, 0.15) is 6.10 Å². The van der Waals surface area contributed by atoms with Crippen molar-refractivity contribution >= 4 is 55.4 Å². The van der Waals surface area contributed by atoms with Gasteiger partial charge in [0.2, 0.25) is 0 Å². The highest BCUT2D eigenvalue weighted by Gasteiger charge is 2.68. The lowest BCUT2D eigenvalue weighted by Gasteiger charge is -2.26. The van der Waals surface area contributed by atoms with E-state index in [1.54, 1.807) is 24.3 Å². The summed E-state index contributed by atoms with van der Waals surface area (Å²) >= 11 is 6.86. The van der Waals surface area contributed by atoms with E-state index in [0.717, 1.165) is 10.9 Å². The standard InChI is InChI=1S/C17H15Br2NO5/c18-7-1-3-8(4-2-7)20-11(21)6-24-16(22)12-9-5-10-13(12)17(23)25-15(10)14(9)19/h1-4,9-10,12-15H,5-6H2,(H,20,21)/t9-,10-,12-,13-,14+,15+/m1/s1. The number of nitrogens with one attached hydrogen (secondary N) is 1. The molecule has 8 heteroatoms. The number of hydrogen-bond acceptors (Lipinski definition) is 5. The van der Waals surface area contributed by atoms with Gasteiger partial charge in [-0.25, -0.2) is 0 Å². The van der Waals surface area contributed by atoms with E-state index in [9.17, 15) is 14.4 Å². The minimum Gasteiger partial charge on any atom is -0.461 e. The highest BCUT2D eigenvalue weighted by atomic mass is 79.9. The fourth-order valence-electron chi connectivity index (χ4n) is 4.26. The second-order valence-electron chi connectivity index (χ2n) is 6.62. The van der Waals surface area contributed by atoms with E-state index >= 15 is 0 Å². The summed E-state index contributed by atoms with van der Waals surface area (Å²) in [5.74, 6) is -2.08. The summed E-state index contributed by atoms with van der Waals surface area (Å²) in [6, 6.07) is 7.08. The van der Waals surface area contributed by atoms with Gasteiger partial charge in [-0.1, -0.05) is 31.9 Å². The highest BCUT2D eigenvalue weighted by molar-refractivity contribution is 9.10. The number of carbonyl (C=O) groups excluding carboxylic acids is 3. The van der Waals surface area contributed by atoms with Gasteiger partial charge in [-0.2, -0.15) is 0 Å². The SMILES string of the molecule is O=C(COC(=O)[C@@H]1[C@H]2C[C@H]3[C@H](OC(=O)[C@H]31)[C@H]2Br)Nc1ccc(Br)cc1. The van der Waals surface area contributed by atoms with E-state index in [0.29, 0.717) is 5.69 Å². The molecule has 2 saturated carbocycles. The Labute approximate surface area is 160 Å². The van der Waals surface area contributed by atoms with E-state index in [4.69, 9.17) is 9.47 Å². The molecule has 1 aromatic carbocycles. The molecular weight excluding hydrogens is 458 g/mol. The summed E-state index contributed by atoms with van der Waals surface area (Å²) in [6.07, 6.45) is 0.647. The summed E-state index contributed by atoms with van der Waals surface area (Å²) in [5.41, 5.74) is 0.618. The van der Waals surface area contributed by atoms with Crippen LogP contribution in [0.5, 0.6) is 0 Å². The van der Waals surface area contributed by atoms with Gasteiger partial charge in [-0.15, -0.1) is 0 Å². The van der Waals surface area contributed by atoms with Crippen LogP contribution in [0.25, 0.3) is 0 Å². The molecule has 3 aliphatic rings. The molecule has 132 valence electrons. The van der Waals surface area contributed by atoms with Crippen LogP contribution in [-0.4, -0.2) is 35.4 Å². The predicted octanol–water partition coefficient (Wildman–Crippen LogP) is 2.50. The van der Waals surface area contributed by atoms with Crippen molar-refractivity contribution < 1.29 is 23.9 Å². The van der Waals surface area contributed by atoms with Crippen LogP contribution in [-0.2, 0) is 23.9 Å².